The topological polar surface area (TPSA) is 51.2 Å². The summed E-state index contributed by atoms with van der Waals surface area (Å²) in [6, 6.07) is 5.55. The summed E-state index contributed by atoms with van der Waals surface area (Å²) in [6.45, 7) is 4.28. The maximum absolute atomic E-state index is 11.9. The third kappa shape index (κ3) is 2.49. The number of halogens is 1. The first kappa shape index (κ1) is 13.6. The number of rotatable bonds is 3. The van der Waals surface area contributed by atoms with Crippen molar-refractivity contribution in [1.82, 2.24) is 10.3 Å². The van der Waals surface area contributed by atoms with E-state index in [0.29, 0.717) is 23.1 Å². The van der Waals surface area contributed by atoms with Crippen molar-refractivity contribution < 1.29 is 9.53 Å². The van der Waals surface area contributed by atoms with Gasteiger partial charge in [-0.05, 0) is 36.9 Å². The van der Waals surface area contributed by atoms with Crippen molar-refractivity contribution in [3.63, 3.8) is 0 Å². The summed E-state index contributed by atoms with van der Waals surface area (Å²) in [5, 5.41) is 4.73. The number of nitrogens with zero attached hydrogens (tertiary/aromatic N) is 1. The van der Waals surface area contributed by atoms with Crippen LogP contribution in [0.2, 0.25) is 5.15 Å². The Morgan fingerprint density at radius 2 is 2.16 bits per heavy atom. The molecule has 1 heterocycles. The van der Waals surface area contributed by atoms with Gasteiger partial charge >= 0.3 is 0 Å². The van der Waals surface area contributed by atoms with Gasteiger partial charge in [0.05, 0.1) is 7.11 Å². The Kier molecular flexibility index (Phi) is 3.90. The Balaban J connectivity index is 2.65. The number of methoxy groups -OCH3 is 1. The van der Waals surface area contributed by atoms with Gasteiger partial charge in [0.15, 0.2) is 0 Å². The molecular formula is C14H15ClN2O2. The summed E-state index contributed by atoms with van der Waals surface area (Å²) < 4.78 is 5.17. The molecule has 0 saturated heterocycles. The highest BCUT2D eigenvalue weighted by molar-refractivity contribution is 6.34. The average molecular weight is 279 g/mol. The van der Waals surface area contributed by atoms with Crippen LogP contribution in [-0.4, -0.2) is 24.5 Å². The van der Waals surface area contributed by atoms with Gasteiger partial charge in [0.25, 0.3) is 5.91 Å². The van der Waals surface area contributed by atoms with Crippen LogP contribution in [0.3, 0.4) is 0 Å². The summed E-state index contributed by atoms with van der Waals surface area (Å²) >= 11 is 6.16. The molecule has 0 aliphatic carbocycles. The predicted octanol–water partition coefficient (Wildman–Crippen LogP) is 2.95. The van der Waals surface area contributed by atoms with Gasteiger partial charge in [0, 0.05) is 11.9 Å². The Bertz CT molecular complexity index is 641. The zero-order valence-corrected chi connectivity index (χ0v) is 11.8. The Hall–Kier alpha value is -1.81. The number of ether oxygens (including phenoxy) is 1. The largest absolute Gasteiger partial charge is 0.497 e. The van der Waals surface area contributed by atoms with Gasteiger partial charge in [-0.2, -0.15) is 0 Å². The number of aryl methyl sites for hydroxylation is 1. The molecule has 0 aliphatic rings. The fourth-order valence-electron chi connectivity index (χ4n) is 1.98. The van der Waals surface area contributed by atoms with Crippen molar-refractivity contribution in [3.05, 3.63) is 34.6 Å². The highest BCUT2D eigenvalue weighted by Crippen LogP contribution is 2.29. The zero-order chi connectivity index (χ0) is 14.0. The highest BCUT2D eigenvalue weighted by Gasteiger charge is 2.15. The zero-order valence-electron chi connectivity index (χ0n) is 11.1. The molecule has 1 aromatic carbocycles. The molecule has 0 aliphatic heterocycles. The van der Waals surface area contributed by atoms with Gasteiger partial charge in [0.1, 0.15) is 16.6 Å². The standard InChI is InChI=1S/C14H15ClN2O2/c1-4-16-14(18)12-8(2)10-6-5-9(19-3)7-11(10)13(15)17-12/h5-7H,4H2,1-3H3,(H,16,18). The summed E-state index contributed by atoms with van der Waals surface area (Å²) in [4.78, 5) is 16.1. The number of nitrogens with one attached hydrogen (secondary N) is 1. The normalized spacial score (nSPS) is 10.5. The fraction of sp³-hybridized carbons (Fsp3) is 0.286. The van der Waals surface area contributed by atoms with Gasteiger partial charge < -0.3 is 10.1 Å². The molecule has 0 fully saturated rings. The maximum Gasteiger partial charge on any atom is 0.270 e. The Morgan fingerprint density at radius 3 is 2.79 bits per heavy atom. The van der Waals surface area contributed by atoms with Crippen LogP contribution in [0.4, 0.5) is 0 Å². The molecule has 2 aromatic rings. The van der Waals surface area contributed by atoms with E-state index in [9.17, 15) is 4.79 Å². The summed E-state index contributed by atoms with van der Waals surface area (Å²) in [7, 11) is 1.60. The number of benzene rings is 1. The number of carbonyl (C=O) groups excluding carboxylic acids is 1. The molecule has 4 nitrogen and oxygen atoms in total. The van der Waals surface area contributed by atoms with E-state index in [1.165, 1.54) is 0 Å². The lowest BCUT2D eigenvalue weighted by molar-refractivity contribution is 0.0950. The van der Waals surface area contributed by atoms with Crippen molar-refractivity contribution in [2.45, 2.75) is 13.8 Å². The van der Waals surface area contributed by atoms with E-state index in [-0.39, 0.29) is 5.91 Å². The number of aromatic nitrogens is 1. The minimum atomic E-state index is -0.209. The van der Waals surface area contributed by atoms with E-state index in [4.69, 9.17) is 16.3 Å². The predicted molar refractivity (Wildman–Crippen MR) is 76.0 cm³/mol. The minimum absolute atomic E-state index is 0.209. The molecule has 2 rings (SSSR count). The molecule has 0 bridgehead atoms. The lowest BCUT2D eigenvalue weighted by Gasteiger charge is -2.11. The van der Waals surface area contributed by atoms with Crippen LogP contribution < -0.4 is 10.1 Å². The van der Waals surface area contributed by atoms with E-state index >= 15 is 0 Å². The summed E-state index contributed by atoms with van der Waals surface area (Å²) in [5.41, 5.74) is 1.18. The number of hydrogen-bond acceptors (Lipinski definition) is 3. The van der Waals surface area contributed by atoms with Crippen LogP contribution in [-0.2, 0) is 0 Å². The second-order valence-electron chi connectivity index (χ2n) is 4.15. The van der Waals surface area contributed by atoms with Crippen molar-refractivity contribution in [2.75, 3.05) is 13.7 Å². The molecule has 0 saturated carbocycles. The SMILES string of the molecule is CCNC(=O)c1nc(Cl)c2cc(OC)ccc2c1C. The number of hydrogen-bond donors (Lipinski definition) is 1. The van der Waals surface area contributed by atoms with Crippen molar-refractivity contribution in [1.29, 1.82) is 0 Å². The van der Waals surface area contributed by atoms with E-state index in [2.05, 4.69) is 10.3 Å². The minimum Gasteiger partial charge on any atom is -0.497 e. The lowest BCUT2D eigenvalue weighted by Crippen LogP contribution is -2.24. The molecule has 1 N–H and O–H groups in total. The van der Waals surface area contributed by atoms with Gasteiger partial charge in [-0.1, -0.05) is 17.7 Å². The highest BCUT2D eigenvalue weighted by atomic mass is 35.5. The molecule has 0 radical (unpaired) electrons. The summed E-state index contributed by atoms with van der Waals surface area (Å²) in [5.74, 6) is 0.501. The molecular weight excluding hydrogens is 264 g/mol. The third-order valence-electron chi connectivity index (χ3n) is 2.97. The van der Waals surface area contributed by atoms with Crippen molar-refractivity contribution >= 4 is 28.3 Å². The molecule has 19 heavy (non-hydrogen) atoms. The van der Waals surface area contributed by atoms with E-state index < -0.39 is 0 Å². The third-order valence-corrected chi connectivity index (χ3v) is 3.26. The first-order valence-corrected chi connectivity index (χ1v) is 6.38. The smallest absolute Gasteiger partial charge is 0.270 e. The molecule has 100 valence electrons. The number of carbonyl (C=O) groups is 1. The second-order valence-corrected chi connectivity index (χ2v) is 4.51. The van der Waals surface area contributed by atoms with Crippen LogP contribution in [0.1, 0.15) is 23.0 Å². The molecule has 0 atom stereocenters. The summed E-state index contributed by atoms with van der Waals surface area (Å²) in [6.07, 6.45) is 0. The molecule has 5 heteroatoms. The van der Waals surface area contributed by atoms with Crippen LogP contribution in [0.25, 0.3) is 10.8 Å². The van der Waals surface area contributed by atoms with Crippen LogP contribution in [0.5, 0.6) is 5.75 Å². The first-order valence-electron chi connectivity index (χ1n) is 6.00. The van der Waals surface area contributed by atoms with Gasteiger partial charge in [-0.15, -0.1) is 0 Å². The van der Waals surface area contributed by atoms with Gasteiger partial charge in [0.2, 0.25) is 0 Å². The Labute approximate surface area is 116 Å². The Morgan fingerprint density at radius 1 is 1.42 bits per heavy atom. The monoisotopic (exact) mass is 278 g/mol. The molecule has 1 amide bonds. The van der Waals surface area contributed by atoms with E-state index in [1.54, 1.807) is 7.11 Å². The van der Waals surface area contributed by atoms with Crippen LogP contribution in [0.15, 0.2) is 18.2 Å². The van der Waals surface area contributed by atoms with Crippen molar-refractivity contribution in [3.8, 4) is 5.75 Å². The average Bonchev–Trinajstić information content (AvgIpc) is 2.42. The van der Waals surface area contributed by atoms with E-state index in [0.717, 1.165) is 16.3 Å². The van der Waals surface area contributed by atoms with Gasteiger partial charge in [-0.25, -0.2) is 4.98 Å². The van der Waals surface area contributed by atoms with Gasteiger partial charge in [-0.3, -0.25) is 4.79 Å². The number of amides is 1. The van der Waals surface area contributed by atoms with Crippen molar-refractivity contribution in [2.24, 2.45) is 0 Å². The number of pyridine rings is 1. The first-order chi connectivity index (χ1) is 9.08. The maximum atomic E-state index is 11.9. The fourth-order valence-corrected chi connectivity index (χ4v) is 2.22. The molecule has 0 spiro atoms. The van der Waals surface area contributed by atoms with Crippen LogP contribution >= 0.6 is 11.6 Å². The lowest BCUT2D eigenvalue weighted by atomic mass is 10.0. The molecule has 1 aromatic heterocycles. The second kappa shape index (κ2) is 5.45. The molecule has 0 unspecified atom stereocenters. The quantitative estimate of drug-likeness (QED) is 0.878. The number of fused-ring (bicyclic) bond motifs is 1. The van der Waals surface area contributed by atoms with E-state index in [1.807, 2.05) is 32.0 Å². The van der Waals surface area contributed by atoms with Crippen LogP contribution in [0, 0.1) is 6.92 Å².